The topological polar surface area (TPSA) is 9.23 Å². The van der Waals surface area contributed by atoms with E-state index in [1.54, 1.807) is 32.1 Å². The zero-order valence-electron chi connectivity index (χ0n) is 14.5. The van der Waals surface area contributed by atoms with Gasteiger partial charge in [-0.2, -0.15) is 0 Å². The lowest BCUT2D eigenvalue weighted by Crippen LogP contribution is -2.33. The van der Waals surface area contributed by atoms with Crippen LogP contribution in [0, 0.1) is 29.6 Å². The molecule has 2 aliphatic heterocycles. The second-order valence-electron chi connectivity index (χ2n) is 8.63. The van der Waals surface area contributed by atoms with E-state index in [4.69, 9.17) is 4.74 Å². The SMILES string of the molecule is CC(C)C1CC2CCC1CC2.CCC1CC2CCC(C1)O2. The van der Waals surface area contributed by atoms with Crippen molar-refractivity contribution >= 4 is 0 Å². The van der Waals surface area contributed by atoms with Crippen molar-refractivity contribution in [3.8, 4) is 0 Å². The zero-order chi connectivity index (χ0) is 14.8. The van der Waals surface area contributed by atoms with Gasteiger partial charge in [0.05, 0.1) is 12.2 Å². The highest BCUT2D eigenvalue weighted by atomic mass is 16.5. The standard InChI is InChI=1S/C11H20.C9H16O/c1-8(2)11-7-9-3-5-10(11)6-4-9;1-2-7-5-8-3-4-9(6-7)10-8/h8-11H,3-7H2,1-2H3;7-9H,2-6H2,1H3. The average Bonchev–Trinajstić information content (AvgIpc) is 2.87. The zero-order valence-corrected chi connectivity index (χ0v) is 14.5. The number of fused-ring (bicyclic) bond motifs is 5. The van der Waals surface area contributed by atoms with E-state index in [-0.39, 0.29) is 0 Å². The Morgan fingerprint density at radius 3 is 1.86 bits per heavy atom. The van der Waals surface area contributed by atoms with Gasteiger partial charge in [-0.1, -0.05) is 40.0 Å². The molecule has 5 rings (SSSR count). The Kier molecular flexibility index (Phi) is 5.30. The fraction of sp³-hybridized carbons (Fsp3) is 1.00. The van der Waals surface area contributed by atoms with E-state index >= 15 is 0 Å². The third-order valence-corrected chi connectivity index (χ3v) is 6.92. The molecule has 1 heteroatoms. The van der Waals surface area contributed by atoms with Gasteiger partial charge >= 0.3 is 0 Å². The second-order valence-corrected chi connectivity index (χ2v) is 8.63. The number of hydrogen-bond donors (Lipinski definition) is 0. The van der Waals surface area contributed by atoms with Crippen molar-refractivity contribution in [1.29, 1.82) is 0 Å². The summed E-state index contributed by atoms with van der Waals surface area (Å²) in [7, 11) is 0. The molecule has 2 saturated heterocycles. The van der Waals surface area contributed by atoms with Crippen molar-refractivity contribution in [2.45, 2.75) is 97.2 Å². The van der Waals surface area contributed by atoms with Gasteiger partial charge in [0, 0.05) is 0 Å². The molecule has 1 nitrogen and oxygen atoms in total. The molecule has 5 fully saturated rings. The Labute approximate surface area is 132 Å². The van der Waals surface area contributed by atoms with E-state index in [0.717, 1.165) is 29.6 Å². The monoisotopic (exact) mass is 292 g/mol. The van der Waals surface area contributed by atoms with Crippen molar-refractivity contribution in [1.82, 2.24) is 0 Å². The van der Waals surface area contributed by atoms with Gasteiger partial charge in [-0.3, -0.25) is 0 Å². The lowest BCUT2D eigenvalue weighted by molar-refractivity contribution is -0.0198. The fourth-order valence-corrected chi connectivity index (χ4v) is 5.55. The molecule has 5 aliphatic rings. The van der Waals surface area contributed by atoms with Crippen LogP contribution in [-0.4, -0.2) is 12.2 Å². The molecule has 0 N–H and O–H groups in total. The summed E-state index contributed by atoms with van der Waals surface area (Å²) >= 11 is 0. The highest BCUT2D eigenvalue weighted by molar-refractivity contribution is 4.87. The summed E-state index contributed by atoms with van der Waals surface area (Å²) in [6, 6.07) is 0. The Morgan fingerprint density at radius 2 is 1.48 bits per heavy atom. The van der Waals surface area contributed by atoms with Crippen LogP contribution in [-0.2, 0) is 4.74 Å². The van der Waals surface area contributed by atoms with Crippen LogP contribution in [0.15, 0.2) is 0 Å². The van der Waals surface area contributed by atoms with E-state index in [1.807, 2.05) is 0 Å². The molecule has 3 atom stereocenters. The molecule has 0 spiro atoms. The number of ether oxygens (including phenoxy) is 1. The Balaban J connectivity index is 0.000000126. The first-order chi connectivity index (χ1) is 10.2. The van der Waals surface area contributed by atoms with Gasteiger partial charge in [0.2, 0.25) is 0 Å². The van der Waals surface area contributed by atoms with Gasteiger partial charge in [-0.25, -0.2) is 0 Å². The maximum Gasteiger partial charge on any atom is 0.0582 e. The molecule has 21 heavy (non-hydrogen) atoms. The van der Waals surface area contributed by atoms with E-state index in [2.05, 4.69) is 20.8 Å². The minimum Gasteiger partial charge on any atom is -0.375 e. The van der Waals surface area contributed by atoms with Crippen molar-refractivity contribution in [2.75, 3.05) is 0 Å². The van der Waals surface area contributed by atoms with Crippen LogP contribution in [0.3, 0.4) is 0 Å². The van der Waals surface area contributed by atoms with Crippen molar-refractivity contribution in [2.24, 2.45) is 29.6 Å². The van der Waals surface area contributed by atoms with Gasteiger partial charge in [-0.05, 0) is 74.5 Å². The molecule has 122 valence electrons. The average molecular weight is 293 g/mol. The van der Waals surface area contributed by atoms with Gasteiger partial charge in [0.1, 0.15) is 0 Å². The molecule has 3 saturated carbocycles. The molecule has 0 aromatic rings. The molecular formula is C20H36O. The first-order valence-corrected chi connectivity index (χ1v) is 9.81. The maximum atomic E-state index is 5.73. The predicted molar refractivity (Wildman–Crippen MR) is 89.3 cm³/mol. The predicted octanol–water partition coefficient (Wildman–Crippen LogP) is 5.82. The maximum absolute atomic E-state index is 5.73. The van der Waals surface area contributed by atoms with E-state index in [0.29, 0.717) is 12.2 Å². The molecular weight excluding hydrogens is 256 g/mol. The number of rotatable bonds is 2. The van der Waals surface area contributed by atoms with Crippen LogP contribution in [0.2, 0.25) is 0 Å². The number of hydrogen-bond acceptors (Lipinski definition) is 1. The van der Waals surface area contributed by atoms with Crippen molar-refractivity contribution in [3.63, 3.8) is 0 Å². The lowest BCUT2D eigenvalue weighted by Gasteiger charge is -2.44. The lowest BCUT2D eigenvalue weighted by atomic mass is 9.62. The minimum atomic E-state index is 0.642. The first-order valence-electron chi connectivity index (χ1n) is 9.81. The van der Waals surface area contributed by atoms with Crippen LogP contribution in [0.4, 0.5) is 0 Å². The minimum absolute atomic E-state index is 0.642. The van der Waals surface area contributed by atoms with Gasteiger partial charge in [0.15, 0.2) is 0 Å². The summed E-state index contributed by atoms with van der Waals surface area (Å²) in [5.74, 6) is 5.24. The Hall–Kier alpha value is -0.0400. The van der Waals surface area contributed by atoms with Crippen LogP contribution in [0.25, 0.3) is 0 Å². The van der Waals surface area contributed by atoms with Gasteiger partial charge in [-0.15, -0.1) is 0 Å². The normalized spacial score (nSPS) is 44.6. The van der Waals surface area contributed by atoms with E-state index in [9.17, 15) is 0 Å². The van der Waals surface area contributed by atoms with Gasteiger partial charge in [0.25, 0.3) is 0 Å². The van der Waals surface area contributed by atoms with Gasteiger partial charge < -0.3 is 4.74 Å². The molecule has 0 amide bonds. The summed E-state index contributed by atoms with van der Waals surface area (Å²) in [4.78, 5) is 0. The molecule has 3 unspecified atom stereocenters. The molecule has 0 aromatic heterocycles. The highest BCUT2D eigenvalue weighted by Crippen LogP contribution is 2.47. The summed E-state index contributed by atoms with van der Waals surface area (Å²) in [6.45, 7) is 7.12. The van der Waals surface area contributed by atoms with Crippen LogP contribution in [0.1, 0.15) is 85.0 Å². The quantitative estimate of drug-likeness (QED) is 0.623. The molecule has 2 heterocycles. The largest absolute Gasteiger partial charge is 0.375 e. The fourth-order valence-electron chi connectivity index (χ4n) is 5.55. The van der Waals surface area contributed by atoms with Crippen LogP contribution in [0.5, 0.6) is 0 Å². The highest BCUT2D eigenvalue weighted by Gasteiger charge is 2.36. The molecule has 0 radical (unpaired) electrons. The Bertz CT molecular complexity index is 304. The van der Waals surface area contributed by atoms with Crippen molar-refractivity contribution < 1.29 is 4.74 Å². The molecule has 4 bridgehead atoms. The smallest absolute Gasteiger partial charge is 0.0582 e. The van der Waals surface area contributed by atoms with E-state index in [1.165, 1.54) is 32.1 Å². The summed E-state index contributed by atoms with van der Waals surface area (Å²) < 4.78 is 5.73. The summed E-state index contributed by atoms with van der Waals surface area (Å²) in [5, 5.41) is 0. The molecule has 3 aliphatic carbocycles. The van der Waals surface area contributed by atoms with Crippen molar-refractivity contribution in [3.05, 3.63) is 0 Å². The summed E-state index contributed by atoms with van der Waals surface area (Å²) in [5.41, 5.74) is 0. The van der Waals surface area contributed by atoms with Crippen LogP contribution < -0.4 is 0 Å². The third-order valence-electron chi connectivity index (χ3n) is 6.92. The molecule has 0 aromatic carbocycles. The second kappa shape index (κ2) is 7.02. The third kappa shape index (κ3) is 3.84. The Morgan fingerprint density at radius 1 is 0.857 bits per heavy atom. The first kappa shape index (κ1) is 15.8. The summed E-state index contributed by atoms with van der Waals surface area (Å²) in [6.07, 6.45) is 15.7. The van der Waals surface area contributed by atoms with E-state index < -0.39 is 0 Å². The van der Waals surface area contributed by atoms with Crippen LogP contribution >= 0.6 is 0 Å².